The minimum atomic E-state index is -0.553. The third-order valence-corrected chi connectivity index (χ3v) is 3.93. The molecule has 0 bridgehead atoms. The monoisotopic (exact) mass is 286 g/mol. The summed E-state index contributed by atoms with van der Waals surface area (Å²) in [4.78, 5) is 12.0. The quantitative estimate of drug-likeness (QED) is 0.905. The standard InChI is InChI=1S/C17H22N2O2/c1-13(21-16-9-5-8-15(10-16)11-18)17(20)19-12-14-6-3-2-4-7-14/h5,8-10,13-14H,2-4,6-7,12H2,1H3,(H,19,20). The van der Waals surface area contributed by atoms with Gasteiger partial charge in [0.25, 0.3) is 5.91 Å². The van der Waals surface area contributed by atoms with Crippen LogP contribution in [0.3, 0.4) is 0 Å². The smallest absolute Gasteiger partial charge is 0.260 e. The van der Waals surface area contributed by atoms with Crippen molar-refractivity contribution in [1.29, 1.82) is 5.26 Å². The second-order valence-corrected chi connectivity index (χ2v) is 5.65. The largest absolute Gasteiger partial charge is 0.481 e. The lowest BCUT2D eigenvalue weighted by molar-refractivity contribution is -0.127. The number of hydrogen-bond acceptors (Lipinski definition) is 3. The van der Waals surface area contributed by atoms with E-state index in [1.165, 1.54) is 32.1 Å². The van der Waals surface area contributed by atoms with E-state index < -0.39 is 6.10 Å². The van der Waals surface area contributed by atoms with Gasteiger partial charge in [-0.2, -0.15) is 5.26 Å². The predicted octanol–water partition coefficient (Wildman–Crippen LogP) is 3.02. The second-order valence-electron chi connectivity index (χ2n) is 5.65. The molecule has 1 unspecified atom stereocenters. The van der Waals surface area contributed by atoms with E-state index in [0.29, 0.717) is 17.2 Å². The summed E-state index contributed by atoms with van der Waals surface area (Å²) in [5, 5.41) is 11.8. The fourth-order valence-electron chi connectivity index (χ4n) is 2.68. The Morgan fingerprint density at radius 1 is 1.43 bits per heavy atom. The normalized spacial score (nSPS) is 16.8. The van der Waals surface area contributed by atoms with Crippen LogP contribution in [0, 0.1) is 17.2 Å². The second kappa shape index (κ2) is 7.68. The molecule has 0 saturated heterocycles. The van der Waals surface area contributed by atoms with Gasteiger partial charge in [0, 0.05) is 6.54 Å². The zero-order chi connectivity index (χ0) is 15.1. The Morgan fingerprint density at radius 3 is 2.90 bits per heavy atom. The highest BCUT2D eigenvalue weighted by Gasteiger charge is 2.18. The third-order valence-electron chi connectivity index (χ3n) is 3.93. The van der Waals surface area contributed by atoms with Crippen LogP contribution in [0.1, 0.15) is 44.6 Å². The van der Waals surface area contributed by atoms with E-state index in [0.717, 1.165) is 6.54 Å². The number of ether oxygens (including phenoxy) is 1. The Kier molecular flexibility index (Phi) is 5.62. The van der Waals surface area contributed by atoms with Crippen LogP contribution in [0.15, 0.2) is 24.3 Å². The molecule has 0 radical (unpaired) electrons. The lowest BCUT2D eigenvalue weighted by Gasteiger charge is -2.23. The van der Waals surface area contributed by atoms with E-state index in [9.17, 15) is 4.79 Å². The van der Waals surface area contributed by atoms with Gasteiger partial charge < -0.3 is 10.1 Å². The molecule has 0 aliphatic heterocycles. The first-order chi connectivity index (χ1) is 10.2. The van der Waals surface area contributed by atoms with Gasteiger partial charge in [0.05, 0.1) is 11.6 Å². The van der Waals surface area contributed by atoms with Crippen molar-refractivity contribution in [3.8, 4) is 11.8 Å². The van der Waals surface area contributed by atoms with Gasteiger partial charge >= 0.3 is 0 Å². The maximum atomic E-state index is 12.0. The summed E-state index contributed by atoms with van der Waals surface area (Å²) in [6.45, 7) is 2.47. The van der Waals surface area contributed by atoms with Crippen LogP contribution >= 0.6 is 0 Å². The fourth-order valence-corrected chi connectivity index (χ4v) is 2.68. The van der Waals surface area contributed by atoms with Gasteiger partial charge in [-0.15, -0.1) is 0 Å². The SMILES string of the molecule is CC(Oc1cccc(C#N)c1)C(=O)NCC1CCCCC1. The number of benzene rings is 1. The zero-order valence-corrected chi connectivity index (χ0v) is 12.5. The van der Waals surface area contributed by atoms with E-state index in [-0.39, 0.29) is 5.91 Å². The molecule has 0 spiro atoms. The van der Waals surface area contributed by atoms with E-state index in [1.807, 2.05) is 0 Å². The number of carbonyl (C=O) groups is 1. The summed E-state index contributed by atoms with van der Waals surface area (Å²) in [5.74, 6) is 1.06. The molecule has 112 valence electrons. The summed E-state index contributed by atoms with van der Waals surface area (Å²) < 4.78 is 5.60. The van der Waals surface area contributed by atoms with Gasteiger partial charge in [-0.1, -0.05) is 25.3 Å². The summed E-state index contributed by atoms with van der Waals surface area (Å²) in [6.07, 6.45) is 5.72. The number of nitrogens with one attached hydrogen (secondary N) is 1. The van der Waals surface area contributed by atoms with Crippen LogP contribution in [-0.4, -0.2) is 18.6 Å². The molecule has 1 aromatic carbocycles. The molecule has 1 saturated carbocycles. The molecule has 1 aromatic rings. The van der Waals surface area contributed by atoms with Gasteiger partial charge in [-0.05, 0) is 43.9 Å². The molecule has 1 N–H and O–H groups in total. The first-order valence-corrected chi connectivity index (χ1v) is 7.63. The third kappa shape index (κ3) is 4.78. The average Bonchev–Trinajstić information content (AvgIpc) is 2.53. The minimum Gasteiger partial charge on any atom is -0.481 e. The van der Waals surface area contributed by atoms with E-state index in [2.05, 4.69) is 11.4 Å². The molecular formula is C17H22N2O2. The number of rotatable bonds is 5. The molecule has 1 aliphatic rings. The van der Waals surface area contributed by atoms with Crippen LogP contribution in [-0.2, 0) is 4.79 Å². The summed E-state index contributed by atoms with van der Waals surface area (Å²) in [6, 6.07) is 8.92. The van der Waals surface area contributed by atoms with Crippen LogP contribution in [0.2, 0.25) is 0 Å². The Balaban J connectivity index is 1.80. The molecule has 1 atom stereocenters. The highest BCUT2D eigenvalue weighted by atomic mass is 16.5. The van der Waals surface area contributed by atoms with Crippen LogP contribution in [0.5, 0.6) is 5.75 Å². The molecule has 2 rings (SSSR count). The van der Waals surface area contributed by atoms with Crippen molar-refractivity contribution in [3.63, 3.8) is 0 Å². The molecule has 0 aromatic heterocycles. The van der Waals surface area contributed by atoms with Crippen molar-refractivity contribution in [1.82, 2.24) is 5.32 Å². The van der Waals surface area contributed by atoms with Crippen LogP contribution in [0.4, 0.5) is 0 Å². The highest BCUT2D eigenvalue weighted by molar-refractivity contribution is 5.80. The Morgan fingerprint density at radius 2 is 2.19 bits per heavy atom. The maximum Gasteiger partial charge on any atom is 0.260 e. The first kappa shape index (κ1) is 15.4. The van der Waals surface area contributed by atoms with Crippen molar-refractivity contribution in [3.05, 3.63) is 29.8 Å². The number of carbonyl (C=O) groups excluding carboxylic acids is 1. The number of hydrogen-bond donors (Lipinski definition) is 1. The Bertz CT molecular complexity index is 516. The van der Waals surface area contributed by atoms with E-state index in [1.54, 1.807) is 31.2 Å². The average molecular weight is 286 g/mol. The lowest BCUT2D eigenvalue weighted by atomic mass is 9.89. The summed E-state index contributed by atoms with van der Waals surface area (Å²) >= 11 is 0. The molecular weight excluding hydrogens is 264 g/mol. The number of nitrogens with zero attached hydrogens (tertiary/aromatic N) is 1. The van der Waals surface area contributed by atoms with Gasteiger partial charge in [0.15, 0.2) is 6.10 Å². The molecule has 4 nitrogen and oxygen atoms in total. The number of amides is 1. The molecule has 4 heteroatoms. The summed E-state index contributed by atoms with van der Waals surface area (Å²) in [7, 11) is 0. The molecule has 0 heterocycles. The molecule has 21 heavy (non-hydrogen) atoms. The highest BCUT2D eigenvalue weighted by Crippen LogP contribution is 2.22. The van der Waals surface area contributed by atoms with Gasteiger partial charge in [-0.3, -0.25) is 4.79 Å². The van der Waals surface area contributed by atoms with Gasteiger partial charge in [-0.25, -0.2) is 0 Å². The van der Waals surface area contributed by atoms with Gasteiger partial charge in [0.2, 0.25) is 0 Å². The minimum absolute atomic E-state index is 0.0945. The molecule has 1 amide bonds. The molecule has 1 aliphatic carbocycles. The van der Waals surface area contributed by atoms with Crippen LogP contribution in [0.25, 0.3) is 0 Å². The Labute approximate surface area is 126 Å². The fraction of sp³-hybridized carbons (Fsp3) is 0.529. The lowest BCUT2D eigenvalue weighted by Crippen LogP contribution is -2.39. The van der Waals surface area contributed by atoms with Crippen molar-refractivity contribution in [2.75, 3.05) is 6.54 Å². The van der Waals surface area contributed by atoms with Crippen molar-refractivity contribution in [2.24, 2.45) is 5.92 Å². The molecule has 1 fully saturated rings. The van der Waals surface area contributed by atoms with Gasteiger partial charge in [0.1, 0.15) is 5.75 Å². The van der Waals surface area contributed by atoms with Crippen molar-refractivity contribution >= 4 is 5.91 Å². The topological polar surface area (TPSA) is 62.1 Å². The summed E-state index contributed by atoms with van der Waals surface area (Å²) in [5.41, 5.74) is 0.530. The van der Waals surface area contributed by atoms with Crippen molar-refractivity contribution < 1.29 is 9.53 Å². The zero-order valence-electron chi connectivity index (χ0n) is 12.5. The first-order valence-electron chi connectivity index (χ1n) is 7.63. The van der Waals surface area contributed by atoms with Crippen molar-refractivity contribution in [2.45, 2.75) is 45.1 Å². The Hall–Kier alpha value is -2.02. The van der Waals surface area contributed by atoms with E-state index in [4.69, 9.17) is 10.00 Å². The maximum absolute atomic E-state index is 12.0. The van der Waals surface area contributed by atoms with E-state index >= 15 is 0 Å². The predicted molar refractivity (Wildman–Crippen MR) is 80.8 cm³/mol. The number of nitriles is 1. The van der Waals surface area contributed by atoms with Crippen LogP contribution < -0.4 is 10.1 Å².